The lowest BCUT2D eigenvalue weighted by Gasteiger charge is -2.35. The third-order valence-electron chi connectivity index (χ3n) is 5.85. The molecule has 170 valence electrons. The molecule has 0 N–H and O–H groups in total. The summed E-state index contributed by atoms with van der Waals surface area (Å²) in [6, 6.07) is 14.9. The van der Waals surface area contributed by atoms with Crippen molar-refractivity contribution in [3.05, 3.63) is 54.1 Å². The molecule has 1 fully saturated rings. The smallest absolute Gasteiger partial charge is 0.257 e. The molecular formula is C24H24N4O5. The number of hydrogen-bond donors (Lipinski definition) is 0. The number of methoxy groups -OCH3 is 2. The molecule has 0 saturated carbocycles. The molecule has 9 heteroatoms. The van der Waals surface area contributed by atoms with Crippen molar-refractivity contribution in [1.82, 2.24) is 15.1 Å². The maximum atomic E-state index is 13.1. The number of aromatic nitrogens is 2. The number of ether oxygens (including phenoxy) is 4. The highest BCUT2D eigenvalue weighted by atomic mass is 16.7. The van der Waals surface area contributed by atoms with Crippen LogP contribution < -0.4 is 23.8 Å². The first-order valence-electron chi connectivity index (χ1n) is 10.7. The average Bonchev–Trinajstić information content (AvgIpc) is 3.36. The first kappa shape index (κ1) is 20.9. The van der Waals surface area contributed by atoms with Gasteiger partial charge in [-0.05, 0) is 48.5 Å². The molecule has 33 heavy (non-hydrogen) atoms. The number of anilines is 1. The van der Waals surface area contributed by atoms with Crippen LogP contribution in [0, 0.1) is 0 Å². The van der Waals surface area contributed by atoms with Gasteiger partial charge in [0.15, 0.2) is 17.3 Å². The van der Waals surface area contributed by atoms with E-state index in [4.69, 9.17) is 18.9 Å². The molecule has 3 aromatic rings. The predicted octanol–water partition coefficient (Wildman–Crippen LogP) is 2.85. The summed E-state index contributed by atoms with van der Waals surface area (Å²) in [7, 11) is 3.14. The second-order valence-corrected chi connectivity index (χ2v) is 7.69. The van der Waals surface area contributed by atoms with E-state index < -0.39 is 0 Å². The van der Waals surface area contributed by atoms with Crippen LogP contribution in [-0.2, 0) is 0 Å². The first-order valence-corrected chi connectivity index (χ1v) is 10.7. The molecule has 5 rings (SSSR count). The van der Waals surface area contributed by atoms with Crippen molar-refractivity contribution >= 4 is 11.7 Å². The summed E-state index contributed by atoms with van der Waals surface area (Å²) in [5.74, 6) is 3.32. The molecule has 2 aliphatic rings. The van der Waals surface area contributed by atoms with E-state index in [1.54, 1.807) is 32.4 Å². The molecule has 0 unspecified atom stereocenters. The number of benzene rings is 2. The minimum absolute atomic E-state index is 0.0744. The summed E-state index contributed by atoms with van der Waals surface area (Å²) in [4.78, 5) is 17.0. The van der Waals surface area contributed by atoms with Crippen LogP contribution in [0.5, 0.6) is 23.0 Å². The van der Waals surface area contributed by atoms with Crippen LogP contribution in [0.15, 0.2) is 48.5 Å². The third-order valence-corrected chi connectivity index (χ3v) is 5.85. The molecule has 0 aliphatic carbocycles. The first-order chi connectivity index (χ1) is 16.2. The Hall–Kier alpha value is -4.01. The summed E-state index contributed by atoms with van der Waals surface area (Å²) in [6.45, 7) is 2.71. The van der Waals surface area contributed by atoms with Crippen molar-refractivity contribution in [2.45, 2.75) is 0 Å². The Morgan fingerprint density at radius 1 is 0.879 bits per heavy atom. The van der Waals surface area contributed by atoms with Gasteiger partial charge in [-0.15, -0.1) is 10.2 Å². The van der Waals surface area contributed by atoms with E-state index in [9.17, 15) is 4.79 Å². The monoisotopic (exact) mass is 448 g/mol. The zero-order valence-corrected chi connectivity index (χ0v) is 18.5. The molecule has 0 bridgehead atoms. The summed E-state index contributed by atoms with van der Waals surface area (Å²) in [5.41, 5.74) is 2.18. The standard InChI is InChI=1S/C24H24N4O5/c1-30-17-4-7-20(31-2)18(14-17)24(29)28-11-9-27(10-12-28)23-8-5-19(25-26-23)16-3-6-21-22(13-16)33-15-32-21/h3-8,13-14H,9-12,15H2,1-2H3. The van der Waals surface area contributed by atoms with Crippen molar-refractivity contribution in [2.75, 3.05) is 52.1 Å². The molecular weight excluding hydrogens is 424 g/mol. The molecule has 0 atom stereocenters. The van der Waals surface area contributed by atoms with Crippen LogP contribution in [0.25, 0.3) is 11.3 Å². The van der Waals surface area contributed by atoms with Crippen LogP contribution in [0.3, 0.4) is 0 Å². The molecule has 0 radical (unpaired) electrons. The number of piperazine rings is 1. The van der Waals surface area contributed by atoms with Gasteiger partial charge in [-0.1, -0.05) is 0 Å². The van der Waals surface area contributed by atoms with Crippen LogP contribution in [0.1, 0.15) is 10.4 Å². The lowest BCUT2D eigenvalue weighted by molar-refractivity contribution is 0.0742. The minimum atomic E-state index is -0.0744. The Balaban J connectivity index is 1.25. The maximum absolute atomic E-state index is 13.1. The van der Waals surface area contributed by atoms with E-state index in [1.807, 2.05) is 35.2 Å². The van der Waals surface area contributed by atoms with E-state index in [0.29, 0.717) is 49.0 Å². The largest absolute Gasteiger partial charge is 0.497 e. The van der Waals surface area contributed by atoms with Gasteiger partial charge < -0.3 is 28.7 Å². The van der Waals surface area contributed by atoms with E-state index in [2.05, 4.69) is 15.1 Å². The highest BCUT2D eigenvalue weighted by molar-refractivity contribution is 5.97. The number of hydrogen-bond acceptors (Lipinski definition) is 8. The molecule has 1 aromatic heterocycles. The quantitative estimate of drug-likeness (QED) is 0.589. The van der Waals surface area contributed by atoms with Crippen molar-refractivity contribution in [3.63, 3.8) is 0 Å². The fourth-order valence-electron chi connectivity index (χ4n) is 3.99. The number of carbonyl (C=O) groups excluding carboxylic acids is 1. The average molecular weight is 448 g/mol. The van der Waals surface area contributed by atoms with Gasteiger partial charge in [0.1, 0.15) is 11.5 Å². The molecule has 2 aromatic carbocycles. The van der Waals surface area contributed by atoms with Crippen LogP contribution >= 0.6 is 0 Å². The van der Waals surface area contributed by atoms with Crippen molar-refractivity contribution < 1.29 is 23.7 Å². The highest BCUT2D eigenvalue weighted by Crippen LogP contribution is 2.35. The normalized spacial score (nSPS) is 14.8. The number of nitrogens with zero attached hydrogens (tertiary/aromatic N) is 4. The van der Waals surface area contributed by atoms with Crippen molar-refractivity contribution in [1.29, 1.82) is 0 Å². The number of fused-ring (bicyclic) bond motifs is 1. The predicted molar refractivity (Wildman–Crippen MR) is 121 cm³/mol. The Morgan fingerprint density at radius 3 is 2.42 bits per heavy atom. The van der Waals surface area contributed by atoms with Gasteiger partial charge in [0.25, 0.3) is 5.91 Å². The van der Waals surface area contributed by atoms with Crippen LogP contribution in [0.2, 0.25) is 0 Å². The molecule has 3 heterocycles. The lowest BCUT2D eigenvalue weighted by Crippen LogP contribution is -2.49. The zero-order valence-electron chi connectivity index (χ0n) is 18.5. The summed E-state index contributed by atoms with van der Waals surface area (Å²) >= 11 is 0. The summed E-state index contributed by atoms with van der Waals surface area (Å²) in [5, 5.41) is 8.81. The van der Waals surface area contributed by atoms with Gasteiger partial charge in [-0.25, -0.2) is 0 Å². The van der Waals surface area contributed by atoms with Crippen LogP contribution in [0.4, 0.5) is 5.82 Å². The topological polar surface area (TPSA) is 86.3 Å². The Kier molecular flexibility index (Phi) is 5.60. The fourth-order valence-corrected chi connectivity index (χ4v) is 3.99. The zero-order chi connectivity index (χ0) is 22.8. The SMILES string of the molecule is COc1ccc(OC)c(C(=O)N2CCN(c3ccc(-c4ccc5c(c4)OCO5)nn3)CC2)c1. The van der Waals surface area contributed by atoms with E-state index in [-0.39, 0.29) is 12.7 Å². The molecule has 0 spiro atoms. The second kappa shape index (κ2) is 8.85. The molecule has 1 amide bonds. The van der Waals surface area contributed by atoms with E-state index in [1.165, 1.54) is 0 Å². The van der Waals surface area contributed by atoms with Crippen molar-refractivity contribution in [3.8, 4) is 34.3 Å². The lowest BCUT2D eigenvalue weighted by atomic mass is 10.1. The molecule has 1 saturated heterocycles. The van der Waals surface area contributed by atoms with E-state index >= 15 is 0 Å². The maximum Gasteiger partial charge on any atom is 0.257 e. The highest BCUT2D eigenvalue weighted by Gasteiger charge is 2.25. The number of carbonyl (C=O) groups is 1. The van der Waals surface area contributed by atoms with Gasteiger partial charge in [0.2, 0.25) is 6.79 Å². The van der Waals surface area contributed by atoms with E-state index in [0.717, 1.165) is 22.8 Å². The Bertz CT molecular complexity index is 1160. The summed E-state index contributed by atoms with van der Waals surface area (Å²) < 4.78 is 21.4. The van der Waals surface area contributed by atoms with Gasteiger partial charge >= 0.3 is 0 Å². The Labute approximate surface area is 191 Å². The van der Waals surface area contributed by atoms with Gasteiger partial charge in [-0.3, -0.25) is 4.79 Å². The van der Waals surface area contributed by atoms with Gasteiger partial charge in [0.05, 0.1) is 25.5 Å². The molecule has 9 nitrogen and oxygen atoms in total. The van der Waals surface area contributed by atoms with Gasteiger partial charge in [0, 0.05) is 31.7 Å². The van der Waals surface area contributed by atoms with Crippen molar-refractivity contribution in [2.24, 2.45) is 0 Å². The summed E-state index contributed by atoms with van der Waals surface area (Å²) in [6.07, 6.45) is 0. The number of amides is 1. The Morgan fingerprint density at radius 2 is 1.70 bits per heavy atom. The fraction of sp³-hybridized carbons (Fsp3) is 0.292. The third kappa shape index (κ3) is 4.09. The number of rotatable bonds is 5. The second-order valence-electron chi connectivity index (χ2n) is 7.69. The molecule has 2 aliphatic heterocycles. The van der Waals surface area contributed by atoms with Gasteiger partial charge in [-0.2, -0.15) is 0 Å². The van der Waals surface area contributed by atoms with Crippen LogP contribution in [-0.4, -0.2) is 68.2 Å². The minimum Gasteiger partial charge on any atom is -0.497 e.